The van der Waals surface area contributed by atoms with Gasteiger partial charge in [0.05, 0.1) is 22.3 Å². The summed E-state index contributed by atoms with van der Waals surface area (Å²) in [7, 11) is 1.61. The van der Waals surface area contributed by atoms with Crippen LogP contribution in [0.15, 0.2) is 12.1 Å². The lowest BCUT2D eigenvalue weighted by Crippen LogP contribution is -1.94. The Bertz CT molecular complexity index is 483. The molecule has 0 atom stereocenters. The molecule has 0 spiro atoms. The number of rotatable bonds is 3. The van der Waals surface area contributed by atoms with Crippen molar-refractivity contribution in [1.82, 2.24) is 4.98 Å². The van der Waals surface area contributed by atoms with Crippen molar-refractivity contribution in [3.8, 4) is 5.75 Å². The van der Waals surface area contributed by atoms with Crippen molar-refractivity contribution in [2.45, 2.75) is 6.92 Å². The summed E-state index contributed by atoms with van der Waals surface area (Å²) in [6.07, 6.45) is 0. The van der Waals surface area contributed by atoms with Crippen LogP contribution >= 0.6 is 22.9 Å². The summed E-state index contributed by atoms with van der Waals surface area (Å²) in [6, 6.07) is 3.74. The average Bonchev–Trinajstić information content (AvgIpc) is 2.58. The maximum atomic E-state index is 6.01. The smallest absolute Gasteiger partial charge is 0.183 e. The molecule has 0 saturated heterocycles. The molecule has 0 bridgehead atoms. The zero-order valence-corrected chi connectivity index (χ0v) is 10.1. The van der Waals surface area contributed by atoms with Crippen molar-refractivity contribution in [2.75, 3.05) is 19.0 Å². The third-order valence-corrected chi connectivity index (χ3v) is 3.26. The van der Waals surface area contributed by atoms with E-state index in [-0.39, 0.29) is 0 Å². The number of ether oxygens (including phenoxy) is 1. The van der Waals surface area contributed by atoms with Gasteiger partial charge in [0.15, 0.2) is 5.13 Å². The van der Waals surface area contributed by atoms with Crippen LogP contribution in [0.25, 0.3) is 10.2 Å². The molecule has 0 unspecified atom stereocenters. The van der Waals surface area contributed by atoms with Crippen molar-refractivity contribution in [2.24, 2.45) is 0 Å². The first-order valence-electron chi connectivity index (χ1n) is 4.62. The van der Waals surface area contributed by atoms with Gasteiger partial charge in [-0.15, -0.1) is 0 Å². The lowest BCUT2D eigenvalue weighted by atomic mass is 10.3. The van der Waals surface area contributed by atoms with Crippen LogP contribution in [0.5, 0.6) is 5.75 Å². The molecule has 15 heavy (non-hydrogen) atoms. The number of halogens is 1. The summed E-state index contributed by atoms with van der Waals surface area (Å²) in [6.45, 7) is 2.91. The van der Waals surface area contributed by atoms with Crippen LogP contribution in [-0.2, 0) is 0 Å². The Morgan fingerprint density at radius 2 is 2.33 bits per heavy atom. The van der Waals surface area contributed by atoms with Gasteiger partial charge < -0.3 is 10.1 Å². The minimum absolute atomic E-state index is 0.596. The molecule has 2 rings (SSSR count). The van der Waals surface area contributed by atoms with Gasteiger partial charge in [0.1, 0.15) is 5.75 Å². The standard InChI is InChI=1S/C10H11ClN2OS/c1-3-12-10-13-7-4-6(11)8(14-2)5-9(7)15-10/h4-5H,3H2,1-2H3,(H,12,13). The number of methoxy groups -OCH3 is 1. The molecule has 0 fully saturated rings. The lowest BCUT2D eigenvalue weighted by Gasteiger charge is -2.00. The Morgan fingerprint density at radius 3 is 3.00 bits per heavy atom. The van der Waals surface area contributed by atoms with E-state index in [1.807, 2.05) is 19.1 Å². The lowest BCUT2D eigenvalue weighted by molar-refractivity contribution is 0.415. The molecule has 0 amide bonds. The number of aromatic nitrogens is 1. The predicted octanol–water partition coefficient (Wildman–Crippen LogP) is 3.39. The number of hydrogen-bond donors (Lipinski definition) is 1. The van der Waals surface area contributed by atoms with Gasteiger partial charge in [-0.1, -0.05) is 22.9 Å². The second-order valence-electron chi connectivity index (χ2n) is 3.00. The van der Waals surface area contributed by atoms with E-state index in [2.05, 4.69) is 10.3 Å². The fourth-order valence-corrected chi connectivity index (χ4v) is 2.49. The maximum Gasteiger partial charge on any atom is 0.183 e. The Kier molecular flexibility index (Phi) is 2.98. The van der Waals surface area contributed by atoms with Gasteiger partial charge in [-0.05, 0) is 13.0 Å². The van der Waals surface area contributed by atoms with Gasteiger partial charge >= 0.3 is 0 Å². The summed E-state index contributed by atoms with van der Waals surface area (Å²) in [5.41, 5.74) is 0.904. The molecule has 0 saturated carbocycles. The molecule has 0 aliphatic carbocycles. The second-order valence-corrected chi connectivity index (χ2v) is 4.44. The summed E-state index contributed by atoms with van der Waals surface area (Å²) in [4.78, 5) is 4.41. The molecule has 1 N–H and O–H groups in total. The molecular weight excluding hydrogens is 232 g/mol. The molecule has 0 radical (unpaired) electrons. The first kappa shape index (κ1) is 10.5. The first-order chi connectivity index (χ1) is 7.24. The molecule has 0 aliphatic heterocycles. The summed E-state index contributed by atoms with van der Waals surface area (Å²) in [5.74, 6) is 0.691. The Morgan fingerprint density at radius 1 is 1.53 bits per heavy atom. The second kappa shape index (κ2) is 4.24. The number of benzene rings is 1. The SMILES string of the molecule is CCNc1nc2cc(Cl)c(OC)cc2s1. The zero-order valence-electron chi connectivity index (χ0n) is 8.50. The Balaban J connectivity index is 2.51. The normalized spacial score (nSPS) is 10.6. The Labute approximate surface area is 97.0 Å². The maximum absolute atomic E-state index is 6.01. The quantitative estimate of drug-likeness (QED) is 0.896. The number of hydrogen-bond acceptors (Lipinski definition) is 4. The van der Waals surface area contributed by atoms with Crippen LogP contribution in [0.2, 0.25) is 5.02 Å². The molecule has 80 valence electrons. The van der Waals surface area contributed by atoms with Crippen molar-refractivity contribution in [1.29, 1.82) is 0 Å². The topological polar surface area (TPSA) is 34.2 Å². The number of nitrogens with one attached hydrogen (secondary N) is 1. The van der Waals surface area contributed by atoms with Crippen molar-refractivity contribution >= 4 is 38.3 Å². The third kappa shape index (κ3) is 2.01. The third-order valence-electron chi connectivity index (χ3n) is 1.99. The first-order valence-corrected chi connectivity index (χ1v) is 5.82. The number of nitrogens with zero attached hydrogens (tertiary/aromatic N) is 1. The van der Waals surface area contributed by atoms with E-state index in [1.54, 1.807) is 18.4 Å². The van der Waals surface area contributed by atoms with Gasteiger partial charge in [0.2, 0.25) is 0 Å². The largest absolute Gasteiger partial charge is 0.495 e. The van der Waals surface area contributed by atoms with Crippen LogP contribution in [0, 0.1) is 0 Å². The van der Waals surface area contributed by atoms with Crippen LogP contribution in [0.3, 0.4) is 0 Å². The van der Waals surface area contributed by atoms with Crippen molar-refractivity contribution < 1.29 is 4.74 Å². The highest BCUT2D eigenvalue weighted by atomic mass is 35.5. The van der Waals surface area contributed by atoms with Crippen LogP contribution in [0.1, 0.15) is 6.92 Å². The minimum Gasteiger partial charge on any atom is -0.495 e. The molecule has 5 heteroatoms. The monoisotopic (exact) mass is 242 g/mol. The number of thiazole rings is 1. The van der Waals surface area contributed by atoms with E-state index in [4.69, 9.17) is 16.3 Å². The molecular formula is C10H11ClN2OS. The van der Waals surface area contributed by atoms with Crippen LogP contribution < -0.4 is 10.1 Å². The summed E-state index contributed by atoms with van der Waals surface area (Å²) in [5, 5.41) is 4.69. The molecule has 2 aromatic rings. The minimum atomic E-state index is 0.596. The van der Waals surface area contributed by atoms with E-state index >= 15 is 0 Å². The average molecular weight is 243 g/mol. The number of anilines is 1. The van der Waals surface area contributed by atoms with E-state index in [0.717, 1.165) is 21.9 Å². The molecule has 0 aliphatic rings. The van der Waals surface area contributed by atoms with Gasteiger partial charge in [-0.2, -0.15) is 0 Å². The summed E-state index contributed by atoms with van der Waals surface area (Å²) >= 11 is 7.61. The highest BCUT2D eigenvalue weighted by Crippen LogP contribution is 2.34. The van der Waals surface area contributed by atoms with Crippen LogP contribution in [0.4, 0.5) is 5.13 Å². The van der Waals surface area contributed by atoms with E-state index in [1.165, 1.54) is 0 Å². The molecule has 1 aromatic heterocycles. The predicted molar refractivity (Wildman–Crippen MR) is 65.3 cm³/mol. The van der Waals surface area contributed by atoms with Gasteiger partial charge in [0, 0.05) is 12.6 Å². The van der Waals surface area contributed by atoms with Gasteiger partial charge in [0.25, 0.3) is 0 Å². The van der Waals surface area contributed by atoms with Crippen molar-refractivity contribution in [3.63, 3.8) is 0 Å². The zero-order chi connectivity index (χ0) is 10.8. The van der Waals surface area contributed by atoms with Crippen LogP contribution in [-0.4, -0.2) is 18.6 Å². The fourth-order valence-electron chi connectivity index (χ4n) is 1.31. The van der Waals surface area contributed by atoms with Crippen molar-refractivity contribution in [3.05, 3.63) is 17.2 Å². The van der Waals surface area contributed by atoms with Gasteiger partial charge in [-0.3, -0.25) is 0 Å². The number of fused-ring (bicyclic) bond motifs is 1. The van der Waals surface area contributed by atoms with E-state index < -0.39 is 0 Å². The fraction of sp³-hybridized carbons (Fsp3) is 0.300. The van der Waals surface area contributed by atoms with Gasteiger partial charge in [-0.25, -0.2) is 4.98 Å². The molecule has 1 heterocycles. The molecule has 1 aromatic carbocycles. The highest BCUT2D eigenvalue weighted by Gasteiger charge is 2.07. The van der Waals surface area contributed by atoms with E-state index in [9.17, 15) is 0 Å². The molecule has 3 nitrogen and oxygen atoms in total. The highest BCUT2D eigenvalue weighted by molar-refractivity contribution is 7.22. The summed E-state index contributed by atoms with van der Waals surface area (Å²) < 4.78 is 6.22. The van der Waals surface area contributed by atoms with E-state index in [0.29, 0.717) is 10.8 Å². The Hall–Kier alpha value is -1.00.